The molecule has 3 aliphatic heterocycles. The van der Waals surface area contributed by atoms with Gasteiger partial charge in [0.15, 0.2) is 5.78 Å². The molecule has 3 fully saturated rings. The molecule has 0 aromatic heterocycles. The molecule has 0 spiro atoms. The van der Waals surface area contributed by atoms with Crippen LogP contribution in [0.5, 0.6) is 0 Å². The number of rotatable bonds is 8. The van der Waals surface area contributed by atoms with Crippen molar-refractivity contribution >= 4 is 29.5 Å². The van der Waals surface area contributed by atoms with Crippen LogP contribution in [0.1, 0.15) is 111 Å². The maximum atomic E-state index is 14.5. The molecule has 3 heterocycles. The zero-order valence-corrected chi connectivity index (χ0v) is 38.7. The van der Waals surface area contributed by atoms with Crippen molar-refractivity contribution in [2.24, 2.45) is 29.6 Å². The van der Waals surface area contributed by atoms with E-state index in [4.69, 9.17) is 23.7 Å². The van der Waals surface area contributed by atoms with Gasteiger partial charge in [0.1, 0.15) is 18.2 Å². The third-order valence-corrected chi connectivity index (χ3v) is 13.9. The van der Waals surface area contributed by atoms with E-state index in [9.17, 15) is 34.5 Å². The Morgan fingerprint density at radius 3 is 2.22 bits per heavy atom. The number of hydrogen-bond acceptors (Lipinski definition) is 12. The average molecular weight is 880 g/mol. The lowest BCUT2D eigenvalue weighted by Gasteiger charge is -2.47. The van der Waals surface area contributed by atoms with Gasteiger partial charge in [0, 0.05) is 46.1 Å². The van der Waals surface area contributed by atoms with Gasteiger partial charge in [-0.05, 0) is 106 Å². The van der Waals surface area contributed by atoms with Crippen LogP contribution in [0.2, 0.25) is 0 Å². The van der Waals surface area contributed by atoms with Crippen LogP contribution in [0.3, 0.4) is 0 Å². The fourth-order valence-corrected chi connectivity index (χ4v) is 10.2. The highest BCUT2D eigenvalue weighted by atomic mass is 16.7. The minimum absolute atomic E-state index is 0.0161. The van der Waals surface area contributed by atoms with Gasteiger partial charge in [0.05, 0.1) is 30.5 Å². The van der Waals surface area contributed by atoms with Crippen molar-refractivity contribution in [3.63, 3.8) is 0 Å². The minimum atomic E-state index is -2.52. The van der Waals surface area contributed by atoms with Crippen molar-refractivity contribution in [1.29, 1.82) is 0 Å². The first kappa shape index (κ1) is 50.4. The van der Waals surface area contributed by atoms with Crippen molar-refractivity contribution in [3.8, 4) is 0 Å². The summed E-state index contributed by atoms with van der Waals surface area (Å²) in [6, 6.07) is 8.65. The summed E-state index contributed by atoms with van der Waals surface area (Å²) < 4.78 is 30.0. The first-order valence-corrected chi connectivity index (χ1v) is 23.0. The summed E-state index contributed by atoms with van der Waals surface area (Å²) in [5, 5.41) is 34.6. The number of fused-ring (bicyclic) bond motifs is 3. The molecular weight excluding hydrogens is 807 g/mol. The van der Waals surface area contributed by atoms with E-state index in [1.165, 1.54) is 19.1 Å². The van der Waals surface area contributed by atoms with Gasteiger partial charge < -0.3 is 43.9 Å². The fourth-order valence-electron chi connectivity index (χ4n) is 10.2. The lowest BCUT2D eigenvalue weighted by atomic mass is 9.81. The van der Waals surface area contributed by atoms with Gasteiger partial charge in [-0.15, -0.1) is 0 Å². The number of benzene rings is 1. The standard InChI is InChI=1S/C50H73NO12/c1-30-23-31(2)25-43(60-7)46-44(61-8)27-33(4)50(58,63-46)47(55)48(56)51-22-13-12-19-38(51)49(57)62-45(32(3)26-36-20-21-39(52)42(28-36)59-6)34(5)40(53)29-41(54)37(24-30)18-14-17-35-15-10-9-11-16-35/h9-11,14-17,24,26,30-31,33-34,36,38-40,42-46,52-53,58H,12-13,18-23,25,27-29H2,1-8H3/t30?,31-,33+,34+,36-,38-,39+,40-,42+,43-,44-,45+,46+,50+/m0/s1. The molecule has 13 heteroatoms. The number of hydrogen-bond donors (Lipinski definition) is 3. The average Bonchev–Trinajstić information content (AvgIpc) is 3.27. The molecule has 1 aromatic carbocycles. The van der Waals surface area contributed by atoms with Crippen LogP contribution in [0.15, 0.2) is 59.7 Å². The number of amides is 1. The Morgan fingerprint density at radius 2 is 1.54 bits per heavy atom. The zero-order chi connectivity index (χ0) is 46.0. The molecule has 4 aliphatic rings. The van der Waals surface area contributed by atoms with E-state index in [1.54, 1.807) is 21.0 Å². The SMILES string of the molecule is CO[C@H]1C[C@@H](C)CC(C)C=C(CC=Cc2ccccc2)C(=O)C[C@H](O)[C@@H](C)[C@@H](C(C)=C[C@@H]2CC[C@@H](O)[C@H](OC)C2)OC(=O)[C@@H]2CCCCN2C(=O)C(=O)[C@]2(O)O[C@H]1[C@@H](OC)C[C@H]2C. The summed E-state index contributed by atoms with van der Waals surface area (Å²) in [7, 11) is 4.64. The monoisotopic (exact) mass is 880 g/mol. The first-order valence-electron chi connectivity index (χ1n) is 23.0. The molecule has 1 aromatic rings. The van der Waals surface area contributed by atoms with Crippen LogP contribution in [0.4, 0.5) is 0 Å². The van der Waals surface area contributed by atoms with Crippen LogP contribution in [-0.4, -0.2) is 126 Å². The summed E-state index contributed by atoms with van der Waals surface area (Å²) in [6.45, 7) is 9.39. The number of ketones is 2. The largest absolute Gasteiger partial charge is 0.456 e. The molecule has 0 radical (unpaired) electrons. The van der Waals surface area contributed by atoms with Crippen LogP contribution in [0, 0.1) is 29.6 Å². The third-order valence-electron chi connectivity index (χ3n) is 13.9. The molecular formula is C50H73NO12. The third kappa shape index (κ3) is 12.6. The number of carbonyl (C=O) groups excluding carboxylic acids is 4. The van der Waals surface area contributed by atoms with Crippen LogP contribution < -0.4 is 0 Å². The molecule has 63 heavy (non-hydrogen) atoms. The summed E-state index contributed by atoms with van der Waals surface area (Å²) in [5.41, 5.74) is 2.19. The lowest BCUT2D eigenvalue weighted by molar-refractivity contribution is -0.302. The number of ether oxygens (including phenoxy) is 5. The smallest absolute Gasteiger partial charge is 0.329 e. The number of Topliss-reactive ketones (excluding diaryl/α,β-unsaturated/α-hetero) is 2. The number of carbonyl (C=O) groups is 4. The molecule has 1 unspecified atom stereocenters. The Bertz CT molecular complexity index is 1800. The molecule has 1 saturated carbocycles. The minimum Gasteiger partial charge on any atom is -0.456 e. The maximum absolute atomic E-state index is 14.5. The zero-order valence-electron chi connectivity index (χ0n) is 38.7. The number of cyclic esters (lactones) is 1. The Kier molecular flexibility index (Phi) is 18.5. The number of piperidine rings is 1. The predicted octanol–water partition coefficient (Wildman–Crippen LogP) is 6.17. The normalized spacial score (nSPS) is 37.5. The van der Waals surface area contributed by atoms with E-state index in [-0.39, 0.29) is 55.4 Å². The highest BCUT2D eigenvalue weighted by Crippen LogP contribution is 2.39. The second-order valence-corrected chi connectivity index (χ2v) is 18.8. The van der Waals surface area contributed by atoms with Gasteiger partial charge in [-0.2, -0.15) is 0 Å². The van der Waals surface area contributed by atoms with Gasteiger partial charge >= 0.3 is 5.97 Å². The number of allylic oxidation sites excluding steroid dienone is 4. The summed E-state index contributed by atoms with van der Waals surface area (Å²) in [4.78, 5) is 58.6. The van der Waals surface area contributed by atoms with E-state index >= 15 is 0 Å². The highest BCUT2D eigenvalue weighted by Gasteiger charge is 2.56. The Hall–Kier alpha value is -3.56. The Balaban J connectivity index is 1.55. The molecule has 350 valence electrons. The molecule has 1 amide bonds. The van der Waals surface area contributed by atoms with Crippen molar-refractivity contribution < 1.29 is 58.2 Å². The summed E-state index contributed by atoms with van der Waals surface area (Å²) >= 11 is 0. The number of esters is 1. The van der Waals surface area contributed by atoms with Gasteiger partial charge in [-0.3, -0.25) is 14.4 Å². The molecule has 5 rings (SSSR count). The second kappa shape index (κ2) is 23.1. The lowest BCUT2D eigenvalue weighted by Crippen LogP contribution is -2.64. The van der Waals surface area contributed by atoms with Gasteiger partial charge in [0.25, 0.3) is 11.7 Å². The Morgan fingerprint density at radius 1 is 0.857 bits per heavy atom. The van der Waals surface area contributed by atoms with E-state index in [0.717, 1.165) is 5.56 Å². The topological polar surface area (TPSA) is 178 Å². The van der Waals surface area contributed by atoms with Crippen molar-refractivity contribution in [2.45, 2.75) is 160 Å². The second-order valence-electron chi connectivity index (χ2n) is 18.8. The van der Waals surface area contributed by atoms with Gasteiger partial charge in [-0.1, -0.05) is 82.3 Å². The number of methoxy groups -OCH3 is 3. The van der Waals surface area contributed by atoms with Crippen LogP contribution in [-0.2, 0) is 42.9 Å². The first-order chi connectivity index (χ1) is 30.0. The summed E-state index contributed by atoms with van der Waals surface area (Å²) in [5.74, 6) is -7.40. The van der Waals surface area contributed by atoms with Crippen molar-refractivity contribution in [1.82, 2.24) is 4.90 Å². The Labute approximate surface area is 374 Å². The molecule has 1 aliphatic carbocycles. The molecule has 2 bridgehead atoms. The fraction of sp³-hybridized carbons (Fsp3) is 0.680. The van der Waals surface area contributed by atoms with Crippen LogP contribution >= 0.6 is 0 Å². The van der Waals surface area contributed by atoms with Crippen molar-refractivity contribution in [3.05, 3.63) is 65.3 Å². The van der Waals surface area contributed by atoms with Gasteiger partial charge in [-0.25, -0.2) is 4.79 Å². The highest BCUT2D eigenvalue weighted by molar-refractivity contribution is 6.39. The van der Waals surface area contributed by atoms with E-state index < -0.39 is 77.9 Å². The number of aliphatic hydroxyl groups excluding tert-OH is 2. The van der Waals surface area contributed by atoms with Crippen LogP contribution in [0.25, 0.3) is 6.08 Å². The van der Waals surface area contributed by atoms with Crippen molar-refractivity contribution in [2.75, 3.05) is 27.9 Å². The maximum Gasteiger partial charge on any atom is 0.329 e. The molecule has 3 N–H and O–H groups in total. The van der Waals surface area contributed by atoms with E-state index in [0.29, 0.717) is 62.5 Å². The molecule has 14 atom stereocenters. The van der Waals surface area contributed by atoms with E-state index in [1.807, 2.05) is 68.5 Å². The number of aliphatic hydroxyl groups is 3. The summed E-state index contributed by atoms with van der Waals surface area (Å²) in [6.07, 6.45) is 7.08. The van der Waals surface area contributed by atoms with E-state index in [2.05, 4.69) is 6.92 Å². The predicted molar refractivity (Wildman–Crippen MR) is 238 cm³/mol. The molecule has 2 saturated heterocycles. The van der Waals surface area contributed by atoms with Gasteiger partial charge in [0.2, 0.25) is 5.79 Å². The number of nitrogens with zero attached hydrogens (tertiary/aromatic N) is 1. The molecule has 13 nitrogen and oxygen atoms in total. The quantitative estimate of drug-likeness (QED) is 0.154.